The maximum Gasteiger partial charge on any atom is 3.00 e. The summed E-state index contributed by atoms with van der Waals surface area (Å²) >= 11 is 0. The second kappa shape index (κ2) is 22.8. The van der Waals surface area contributed by atoms with Crippen LogP contribution in [0.1, 0.15) is 0 Å². The van der Waals surface area contributed by atoms with Crippen molar-refractivity contribution in [2.24, 2.45) is 0 Å². The second-order valence-electron chi connectivity index (χ2n) is 0.452. The van der Waals surface area contributed by atoms with Crippen molar-refractivity contribution < 1.29 is 44.0 Å². The van der Waals surface area contributed by atoms with E-state index < -0.39 is 16.0 Å². The van der Waals surface area contributed by atoms with E-state index in [9.17, 15) is 0 Å². The maximum atomic E-state index is 8.57. The Morgan fingerprint density at radius 2 is 1.22 bits per heavy atom. The molecule has 0 radical (unpaired) electrons. The number of rotatable bonds is 0. The summed E-state index contributed by atoms with van der Waals surface area (Å²) in [6.07, 6.45) is 0. The summed E-state index contributed by atoms with van der Waals surface area (Å²) in [4.78, 5) is 7.10. The molecule has 0 aromatic rings. The van der Waals surface area contributed by atoms with Crippen molar-refractivity contribution in [1.82, 2.24) is 0 Å². The third-order valence-corrected chi connectivity index (χ3v) is 0. The number of hydrogen-bond acceptors (Lipinski definition) is 4. The summed E-state index contributed by atoms with van der Waals surface area (Å²) < 4.78 is 8.57. The molecule has 4 N–H and O–H groups in total. The third kappa shape index (κ3) is 296. The molecule has 0 saturated heterocycles. The Morgan fingerprint density at radius 3 is 1.22 bits per heavy atom. The van der Waals surface area contributed by atoms with Gasteiger partial charge in [0.1, 0.15) is 0 Å². The summed E-state index contributed by atoms with van der Waals surface area (Å²) in [5, 5.41) is 21.5. The molecular weight excluding hydrogens is 214 g/mol. The predicted octanol–water partition coefficient (Wildman–Crippen LogP) is -2.79. The Kier molecular flexibility index (Phi) is 56.9. The van der Waals surface area contributed by atoms with Crippen LogP contribution in [0.15, 0.2) is 0 Å². The van der Waals surface area contributed by atoms with Crippen molar-refractivity contribution in [2.75, 3.05) is 0 Å². The molecule has 0 spiro atoms. The van der Waals surface area contributed by atoms with Gasteiger partial charge < -0.3 is 20.0 Å². The van der Waals surface area contributed by atoms with E-state index in [1.54, 1.807) is 0 Å². The summed E-state index contributed by atoms with van der Waals surface area (Å²) in [6.45, 7) is 0. The van der Waals surface area contributed by atoms with Gasteiger partial charge in [-0.3, -0.25) is 4.57 Å². The predicted molar refractivity (Wildman–Crippen MR) is 30.8 cm³/mol. The van der Waals surface area contributed by atoms with Crippen molar-refractivity contribution in [3.8, 4) is 0 Å². The zero-order chi connectivity index (χ0) is 6.28. The average Bonchev–Trinajstić information content (AvgIpc) is 1.33. The number of hydrogen-bond donors (Lipinski definition) is 4. The average molecular weight is 220 g/mol. The quantitative estimate of drug-likeness (QED) is 0.261. The molecule has 0 aliphatic carbocycles. The summed E-state index contributed by atoms with van der Waals surface area (Å²) in [6, 6.07) is 0. The molecule has 9 heteroatoms. The fraction of sp³-hybridized carbons (Fsp3) is 0. The zero-order valence-electron chi connectivity index (χ0n) is 4.64. The van der Waals surface area contributed by atoms with Crippen LogP contribution in [0.3, 0.4) is 0 Å². The largest absolute Gasteiger partial charge is 3.00 e. The van der Waals surface area contributed by atoms with Crippen LogP contribution < -0.4 is 0 Å². The van der Waals surface area contributed by atoms with Crippen LogP contribution in [0.4, 0.5) is 0 Å². The van der Waals surface area contributed by atoms with E-state index >= 15 is 0 Å². The minimum absolute atomic E-state index is 0. The topological polar surface area (TPSA) is 98.0 Å². The van der Waals surface area contributed by atoms with Crippen LogP contribution in [0.2, 0.25) is 0 Å². The van der Waals surface area contributed by atoms with E-state index in [0.29, 0.717) is 0 Å². The van der Waals surface area contributed by atoms with Gasteiger partial charge in [-0.05, 0) is 0 Å². The monoisotopic (exact) mass is 219 g/mol. The second-order valence-corrected chi connectivity index (χ2v) is 0.663. The Morgan fingerprint density at radius 1 is 1.22 bits per heavy atom. The van der Waals surface area contributed by atoms with Crippen molar-refractivity contribution in [1.29, 1.82) is 0 Å². The molecule has 0 rings (SSSR count). The first-order valence-electron chi connectivity index (χ1n) is 1.27. The minimum Gasteiger partial charge on any atom is -0.402 e. The molecular formula is H6AlBO5PZn+5. The van der Waals surface area contributed by atoms with E-state index in [-0.39, 0.29) is 36.8 Å². The molecule has 0 saturated carbocycles. The molecule has 0 fully saturated rings. The van der Waals surface area contributed by atoms with E-state index in [4.69, 9.17) is 24.5 Å². The van der Waals surface area contributed by atoms with Gasteiger partial charge >= 0.3 is 44.2 Å². The maximum absolute atomic E-state index is 8.57. The molecule has 0 aliphatic rings. The Balaban J connectivity index is -0.0000000233. The van der Waals surface area contributed by atoms with Crippen LogP contribution >= 0.6 is 8.69 Å². The third-order valence-electron chi connectivity index (χ3n) is 0. The van der Waals surface area contributed by atoms with Crippen molar-refractivity contribution in [3.05, 3.63) is 0 Å². The normalized spacial score (nSPS) is 6.22. The molecule has 0 amide bonds. The van der Waals surface area contributed by atoms with Gasteiger partial charge in [0.25, 0.3) is 0 Å². The fourth-order valence-corrected chi connectivity index (χ4v) is 0. The first-order chi connectivity index (χ1) is 3.15. The fourth-order valence-electron chi connectivity index (χ4n) is 0. The van der Waals surface area contributed by atoms with Crippen molar-refractivity contribution in [3.63, 3.8) is 0 Å². The molecule has 0 aromatic heterocycles. The molecule has 1 atom stereocenters. The molecule has 0 aromatic carbocycles. The molecule has 1 unspecified atom stereocenters. The summed E-state index contributed by atoms with van der Waals surface area (Å²) in [7, 11) is -3.67. The Bertz CT molecular complexity index is 41.2. The van der Waals surface area contributed by atoms with Crippen LogP contribution in [-0.4, -0.2) is 44.6 Å². The first-order valence-corrected chi connectivity index (χ1v) is 2.26. The molecule has 44 valence electrons. The Hall–Kier alpha value is 1.29. The minimum atomic E-state index is -2.17. The van der Waals surface area contributed by atoms with Crippen LogP contribution in [0, 0.1) is 0 Å². The van der Waals surface area contributed by atoms with Gasteiger partial charge in [0.2, 0.25) is 0 Å². The van der Waals surface area contributed by atoms with E-state index in [0.717, 1.165) is 0 Å². The van der Waals surface area contributed by atoms with E-state index in [1.807, 2.05) is 0 Å². The first kappa shape index (κ1) is 22.4. The smallest absolute Gasteiger partial charge is 0.402 e. The van der Waals surface area contributed by atoms with Gasteiger partial charge in [0.05, 0.1) is 0 Å². The van der Waals surface area contributed by atoms with Crippen LogP contribution in [0.25, 0.3) is 0 Å². The van der Waals surface area contributed by atoms with Crippen molar-refractivity contribution >= 4 is 33.4 Å². The molecule has 0 heterocycles. The molecule has 9 heavy (non-hydrogen) atoms. The standard InChI is InChI=1S/Al.BH3O3.H3O2P.Zn/c;2-1(3)4;1-3-2;/h;2-4H;3H2,(H,1,2);/q+3;;;+2. The van der Waals surface area contributed by atoms with E-state index in [2.05, 4.69) is 0 Å². The van der Waals surface area contributed by atoms with Gasteiger partial charge in [-0.2, -0.15) is 0 Å². The van der Waals surface area contributed by atoms with Crippen molar-refractivity contribution in [2.45, 2.75) is 0 Å². The SMILES string of the molecule is O=[PH2]O.OB(O)O.[Al+3].[Zn+2]. The molecule has 0 aliphatic heterocycles. The van der Waals surface area contributed by atoms with Gasteiger partial charge in [-0.1, -0.05) is 0 Å². The molecule has 0 bridgehead atoms. The summed E-state index contributed by atoms with van der Waals surface area (Å²) in [5.74, 6) is 0. The molecule has 5 nitrogen and oxygen atoms in total. The van der Waals surface area contributed by atoms with Gasteiger partial charge in [-0.15, -0.1) is 0 Å². The van der Waals surface area contributed by atoms with Gasteiger partial charge in [0, 0.05) is 0 Å². The Labute approximate surface area is 77.4 Å². The van der Waals surface area contributed by atoms with Crippen LogP contribution in [0.5, 0.6) is 0 Å². The van der Waals surface area contributed by atoms with Gasteiger partial charge in [0.15, 0.2) is 8.69 Å². The van der Waals surface area contributed by atoms with E-state index in [1.165, 1.54) is 0 Å². The zero-order valence-corrected chi connectivity index (χ0v) is 9.91. The summed E-state index contributed by atoms with van der Waals surface area (Å²) in [5.41, 5.74) is 0. The van der Waals surface area contributed by atoms with Gasteiger partial charge in [-0.25, -0.2) is 0 Å². The van der Waals surface area contributed by atoms with Crippen LogP contribution in [-0.2, 0) is 24.0 Å².